The van der Waals surface area contributed by atoms with E-state index >= 15 is 0 Å². The normalized spacial score (nSPS) is 14.1. The van der Waals surface area contributed by atoms with Crippen molar-refractivity contribution in [3.05, 3.63) is 66.9 Å². The van der Waals surface area contributed by atoms with Crippen LogP contribution in [0.15, 0.2) is 61.3 Å². The highest BCUT2D eigenvalue weighted by molar-refractivity contribution is 5.94. The van der Waals surface area contributed by atoms with Crippen LogP contribution < -0.4 is 10.2 Å². The minimum absolute atomic E-state index is 0.0391. The lowest BCUT2D eigenvalue weighted by atomic mass is 10.2. The molecule has 0 bridgehead atoms. The number of anilines is 3. The summed E-state index contributed by atoms with van der Waals surface area (Å²) in [6.45, 7) is 2.73. The highest BCUT2D eigenvalue weighted by atomic mass is 16.2. The molecule has 0 spiro atoms. The van der Waals surface area contributed by atoms with E-state index in [9.17, 15) is 4.79 Å². The number of rotatable bonds is 4. The molecule has 0 radical (unpaired) electrons. The molecule has 1 aliphatic rings. The Balaban J connectivity index is 1.40. The molecule has 1 saturated heterocycles. The summed E-state index contributed by atoms with van der Waals surface area (Å²) in [6.07, 6.45) is 6.54. The summed E-state index contributed by atoms with van der Waals surface area (Å²) >= 11 is 0. The number of piperazine rings is 1. The van der Waals surface area contributed by atoms with Gasteiger partial charge in [-0.25, -0.2) is 15.0 Å². The molecule has 3 aromatic rings. The molecule has 0 aliphatic carbocycles. The third-order valence-corrected chi connectivity index (χ3v) is 4.39. The quantitative estimate of drug-likeness (QED) is 0.760. The van der Waals surface area contributed by atoms with Gasteiger partial charge in [0.1, 0.15) is 23.8 Å². The molecule has 1 amide bonds. The van der Waals surface area contributed by atoms with Gasteiger partial charge in [0.05, 0.1) is 0 Å². The Morgan fingerprint density at radius 2 is 1.70 bits per heavy atom. The standard InChI is InChI=1S/C19H19N7O/c27-19(15-4-7-20-8-5-15)26-11-9-25(10-12-26)18-13-17(22-14-23-18)24-16-3-1-2-6-21-16/h1-8,13-14H,9-12H2,(H,21,22,23,24). The van der Waals surface area contributed by atoms with Gasteiger partial charge in [0, 0.05) is 56.4 Å². The van der Waals surface area contributed by atoms with Gasteiger partial charge in [-0.15, -0.1) is 0 Å². The van der Waals surface area contributed by atoms with Crippen LogP contribution in [0.5, 0.6) is 0 Å². The molecule has 3 aromatic heterocycles. The molecule has 1 N–H and O–H groups in total. The van der Waals surface area contributed by atoms with Crippen molar-refractivity contribution in [3.63, 3.8) is 0 Å². The predicted octanol–water partition coefficient (Wildman–Crippen LogP) is 1.97. The van der Waals surface area contributed by atoms with Crippen molar-refractivity contribution in [2.75, 3.05) is 36.4 Å². The Morgan fingerprint density at radius 1 is 0.889 bits per heavy atom. The Bertz CT molecular complexity index is 896. The van der Waals surface area contributed by atoms with E-state index in [1.807, 2.05) is 29.2 Å². The summed E-state index contributed by atoms with van der Waals surface area (Å²) in [6, 6.07) is 11.0. The number of carbonyl (C=O) groups is 1. The number of amides is 1. The molecule has 4 heterocycles. The number of aromatic nitrogens is 4. The molecule has 1 aliphatic heterocycles. The van der Waals surface area contributed by atoms with Gasteiger partial charge in [-0.2, -0.15) is 0 Å². The van der Waals surface area contributed by atoms with Crippen LogP contribution in [0.4, 0.5) is 17.5 Å². The number of nitrogens with zero attached hydrogens (tertiary/aromatic N) is 6. The van der Waals surface area contributed by atoms with Gasteiger partial charge >= 0.3 is 0 Å². The SMILES string of the molecule is O=C(c1ccncc1)N1CCN(c2cc(Nc3ccccn3)ncn2)CC1. The molecular formula is C19H19N7O. The van der Waals surface area contributed by atoms with Crippen LogP contribution in [0.25, 0.3) is 0 Å². The molecule has 27 heavy (non-hydrogen) atoms. The van der Waals surface area contributed by atoms with Crippen LogP contribution in [0, 0.1) is 0 Å². The van der Waals surface area contributed by atoms with Gasteiger partial charge in [-0.05, 0) is 24.3 Å². The molecule has 0 saturated carbocycles. The second-order valence-electron chi connectivity index (χ2n) is 6.12. The van der Waals surface area contributed by atoms with Crippen LogP contribution in [0.3, 0.4) is 0 Å². The Kier molecular flexibility index (Phi) is 4.86. The van der Waals surface area contributed by atoms with Crippen LogP contribution in [-0.4, -0.2) is 56.9 Å². The van der Waals surface area contributed by atoms with Crippen LogP contribution in [0.2, 0.25) is 0 Å². The molecule has 1 fully saturated rings. The first-order chi connectivity index (χ1) is 13.3. The highest BCUT2D eigenvalue weighted by Gasteiger charge is 2.23. The fraction of sp³-hybridized carbons (Fsp3) is 0.211. The van der Waals surface area contributed by atoms with Crippen molar-refractivity contribution < 1.29 is 4.79 Å². The monoisotopic (exact) mass is 361 g/mol. The minimum Gasteiger partial charge on any atom is -0.353 e. The summed E-state index contributed by atoms with van der Waals surface area (Å²) < 4.78 is 0. The third-order valence-electron chi connectivity index (χ3n) is 4.39. The van der Waals surface area contributed by atoms with E-state index in [-0.39, 0.29) is 5.91 Å². The second-order valence-corrected chi connectivity index (χ2v) is 6.12. The zero-order chi connectivity index (χ0) is 18.5. The van der Waals surface area contributed by atoms with Crippen molar-refractivity contribution in [2.24, 2.45) is 0 Å². The van der Waals surface area contributed by atoms with E-state index in [1.54, 1.807) is 30.7 Å². The van der Waals surface area contributed by atoms with E-state index < -0.39 is 0 Å². The number of carbonyl (C=O) groups excluding carboxylic acids is 1. The zero-order valence-electron chi connectivity index (χ0n) is 14.7. The van der Waals surface area contributed by atoms with E-state index in [1.165, 1.54) is 6.33 Å². The number of hydrogen-bond acceptors (Lipinski definition) is 7. The van der Waals surface area contributed by atoms with Gasteiger partial charge < -0.3 is 15.1 Å². The van der Waals surface area contributed by atoms with Crippen LogP contribution >= 0.6 is 0 Å². The fourth-order valence-corrected chi connectivity index (χ4v) is 2.97. The lowest BCUT2D eigenvalue weighted by molar-refractivity contribution is 0.0746. The number of pyridine rings is 2. The van der Waals surface area contributed by atoms with Crippen molar-refractivity contribution in [3.8, 4) is 0 Å². The first-order valence-corrected chi connectivity index (χ1v) is 8.74. The summed E-state index contributed by atoms with van der Waals surface area (Å²) in [5.74, 6) is 2.29. The van der Waals surface area contributed by atoms with Crippen molar-refractivity contribution in [1.82, 2.24) is 24.8 Å². The predicted molar refractivity (Wildman–Crippen MR) is 102 cm³/mol. The Labute approximate surface area is 156 Å². The van der Waals surface area contributed by atoms with E-state index in [0.717, 1.165) is 24.7 Å². The summed E-state index contributed by atoms with van der Waals surface area (Å²) in [5, 5.41) is 3.17. The largest absolute Gasteiger partial charge is 0.353 e. The summed E-state index contributed by atoms with van der Waals surface area (Å²) in [5.41, 5.74) is 0.669. The first-order valence-electron chi connectivity index (χ1n) is 8.74. The molecular weight excluding hydrogens is 342 g/mol. The Morgan fingerprint density at radius 3 is 2.44 bits per heavy atom. The summed E-state index contributed by atoms with van der Waals surface area (Å²) in [7, 11) is 0. The highest BCUT2D eigenvalue weighted by Crippen LogP contribution is 2.19. The molecule has 0 aromatic carbocycles. The van der Waals surface area contributed by atoms with Gasteiger partial charge in [0.2, 0.25) is 0 Å². The van der Waals surface area contributed by atoms with Crippen molar-refractivity contribution in [2.45, 2.75) is 0 Å². The first kappa shape index (κ1) is 16.9. The lowest BCUT2D eigenvalue weighted by Crippen LogP contribution is -2.49. The van der Waals surface area contributed by atoms with Gasteiger partial charge in [0.15, 0.2) is 0 Å². The average molecular weight is 361 g/mol. The van der Waals surface area contributed by atoms with Crippen molar-refractivity contribution in [1.29, 1.82) is 0 Å². The van der Waals surface area contributed by atoms with Gasteiger partial charge in [-0.1, -0.05) is 6.07 Å². The number of hydrogen-bond donors (Lipinski definition) is 1. The average Bonchev–Trinajstić information content (AvgIpc) is 2.75. The number of nitrogens with one attached hydrogen (secondary N) is 1. The summed E-state index contributed by atoms with van der Waals surface area (Å²) in [4.78, 5) is 33.4. The topological polar surface area (TPSA) is 87.1 Å². The molecule has 136 valence electrons. The molecule has 4 rings (SSSR count). The molecule has 8 nitrogen and oxygen atoms in total. The zero-order valence-corrected chi connectivity index (χ0v) is 14.7. The maximum Gasteiger partial charge on any atom is 0.254 e. The molecule has 8 heteroatoms. The van der Waals surface area contributed by atoms with Gasteiger partial charge in [-0.3, -0.25) is 9.78 Å². The Hall–Kier alpha value is -3.55. The van der Waals surface area contributed by atoms with E-state index in [2.05, 4.69) is 30.2 Å². The van der Waals surface area contributed by atoms with Crippen molar-refractivity contribution >= 4 is 23.4 Å². The minimum atomic E-state index is 0.0391. The smallest absolute Gasteiger partial charge is 0.254 e. The van der Waals surface area contributed by atoms with Crippen LogP contribution in [0.1, 0.15) is 10.4 Å². The van der Waals surface area contributed by atoms with Gasteiger partial charge in [0.25, 0.3) is 5.91 Å². The van der Waals surface area contributed by atoms with E-state index in [4.69, 9.17) is 0 Å². The maximum atomic E-state index is 12.5. The van der Waals surface area contributed by atoms with E-state index in [0.29, 0.717) is 24.5 Å². The third kappa shape index (κ3) is 4.00. The second kappa shape index (κ2) is 7.77. The van der Waals surface area contributed by atoms with Crippen LogP contribution in [-0.2, 0) is 0 Å². The fourth-order valence-electron chi connectivity index (χ4n) is 2.97. The molecule has 0 unspecified atom stereocenters. The maximum absolute atomic E-state index is 12.5. The lowest BCUT2D eigenvalue weighted by Gasteiger charge is -2.35. The molecule has 0 atom stereocenters.